The van der Waals surface area contributed by atoms with Gasteiger partial charge >= 0.3 is 5.97 Å². The number of rotatable bonds is 3. The molecule has 1 saturated carbocycles. The van der Waals surface area contributed by atoms with E-state index < -0.39 is 0 Å². The molecule has 1 aromatic rings. The van der Waals surface area contributed by atoms with Crippen LogP contribution in [0, 0.1) is 11.8 Å². The summed E-state index contributed by atoms with van der Waals surface area (Å²) in [5.41, 5.74) is 7.31. The molecule has 2 N–H and O–H groups in total. The van der Waals surface area contributed by atoms with Crippen LogP contribution >= 0.6 is 0 Å². The number of benzene rings is 1. The highest BCUT2D eigenvalue weighted by molar-refractivity contribution is 5.73. The molecule has 0 spiro atoms. The molecule has 1 aliphatic heterocycles. The zero-order chi connectivity index (χ0) is 14.1. The molecule has 0 bridgehead atoms. The van der Waals surface area contributed by atoms with Crippen molar-refractivity contribution < 1.29 is 14.3 Å². The molecule has 1 heterocycles. The lowest BCUT2D eigenvalue weighted by molar-refractivity contribution is -0.154. The standard InChI is InChI=1S/C16H21NO3/c1-2-19-16(18)11-7-10(8-11)15-9-13(17)12-5-3-4-6-14(12)20-15/h3-6,10-11,13,15H,2,7-9,17H2,1H3. The molecule has 20 heavy (non-hydrogen) atoms. The van der Waals surface area contributed by atoms with Crippen LogP contribution in [-0.4, -0.2) is 18.7 Å². The smallest absolute Gasteiger partial charge is 0.308 e. The minimum absolute atomic E-state index is 0.0339. The Hall–Kier alpha value is -1.55. The Bertz CT molecular complexity index is 496. The van der Waals surface area contributed by atoms with Crippen LogP contribution in [0.15, 0.2) is 24.3 Å². The van der Waals surface area contributed by atoms with E-state index >= 15 is 0 Å². The van der Waals surface area contributed by atoms with Gasteiger partial charge in [0.05, 0.1) is 12.5 Å². The van der Waals surface area contributed by atoms with Gasteiger partial charge in [0.25, 0.3) is 0 Å². The number of hydrogen-bond acceptors (Lipinski definition) is 4. The molecule has 4 nitrogen and oxygen atoms in total. The van der Waals surface area contributed by atoms with E-state index in [1.165, 1.54) is 0 Å². The van der Waals surface area contributed by atoms with E-state index in [9.17, 15) is 4.79 Å². The third-order valence-electron chi connectivity index (χ3n) is 4.40. The Balaban J connectivity index is 1.60. The summed E-state index contributed by atoms with van der Waals surface area (Å²) in [5, 5.41) is 0. The van der Waals surface area contributed by atoms with Gasteiger partial charge < -0.3 is 15.2 Å². The summed E-state index contributed by atoms with van der Waals surface area (Å²) in [5.74, 6) is 1.31. The maximum Gasteiger partial charge on any atom is 0.308 e. The summed E-state index contributed by atoms with van der Waals surface area (Å²) >= 11 is 0. The van der Waals surface area contributed by atoms with Crippen LogP contribution in [0.1, 0.15) is 37.8 Å². The minimum Gasteiger partial charge on any atom is -0.490 e. The van der Waals surface area contributed by atoms with Crippen molar-refractivity contribution >= 4 is 5.97 Å². The monoisotopic (exact) mass is 275 g/mol. The van der Waals surface area contributed by atoms with E-state index in [4.69, 9.17) is 15.2 Å². The van der Waals surface area contributed by atoms with Crippen LogP contribution < -0.4 is 10.5 Å². The van der Waals surface area contributed by atoms with Gasteiger partial charge in [-0.1, -0.05) is 18.2 Å². The average molecular weight is 275 g/mol. The molecule has 0 amide bonds. The third-order valence-corrected chi connectivity index (χ3v) is 4.40. The molecule has 2 atom stereocenters. The molecule has 2 aliphatic rings. The largest absolute Gasteiger partial charge is 0.490 e. The van der Waals surface area contributed by atoms with Crippen molar-refractivity contribution in [3.8, 4) is 5.75 Å². The normalized spacial score (nSPS) is 31.7. The fourth-order valence-electron chi connectivity index (χ4n) is 3.19. The van der Waals surface area contributed by atoms with E-state index in [1.807, 2.05) is 31.2 Å². The fraction of sp³-hybridized carbons (Fsp3) is 0.562. The molecule has 2 unspecified atom stereocenters. The highest BCUT2D eigenvalue weighted by atomic mass is 16.5. The van der Waals surface area contributed by atoms with Gasteiger partial charge in [0.1, 0.15) is 11.9 Å². The van der Waals surface area contributed by atoms with Crippen molar-refractivity contribution in [3.05, 3.63) is 29.8 Å². The van der Waals surface area contributed by atoms with Gasteiger partial charge in [-0.2, -0.15) is 0 Å². The van der Waals surface area contributed by atoms with E-state index in [1.54, 1.807) is 0 Å². The van der Waals surface area contributed by atoms with Crippen molar-refractivity contribution in [2.24, 2.45) is 17.6 Å². The average Bonchev–Trinajstić information content (AvgIpc) is 2.37. The fourth-order valence-corrected chi connectivity index (χ4v) is 3.19. The number of fused-ring (bicyclic) bond motifs is 1. The third kappa shape index (κ3) is 2.40. The van der Waals surface area contributed by atoms with Crippen molar-refractivity contribution in [3.63, 3.8) is 0 Å². The maximum absolute atomic E-state index is 11.6. The van der Waals surface area contributed by atoms with E-state index in [2.05, 4.69) is 0 Å². The Morgan fingerprint density at radius 2 is 2.10 bits per heavy atom. The molecule has 4 heteroatoms. The van der Waals surface area contributed by atoms with Crippen molar-refractivity contribution in [2.45, 2.75) is 38.3 Å². The molecular weight excluding hydrogens is 254 g/mol. The first-order valence-corrected chi connectivity index (χ1v) is 7.36. The summed E-state index contributed by atoms with van der Waals surface area (Å²) in [6.07, 6.45) is 2.68. The van der Waals surface area contributed by atoms with Gasteiger partial charge in [-0.15, -0.1) is 0 Å². The van der Waals surface area contributed by atoms with Crippen molar-refractivity contribution in [1.29, 1.82) is 0 Å². The number of carbonyl (C=O) groups excluding carboxylic acids is 1. The Labute approximate surface area is 119 Å². The molecule has 0 aromatic heterocycles. The van der Waals surface area contributed by atoms with Gasteiger partial charge in [-0.05, 0) is 31.7 Å². The lowest BCUT2D eigenvalue weighted by atomic mass is 9.70. The molecule has 1 aromatic carbocycles. The SMILES string of the molecule is CCOC(=O)C1CC(C2CC(N)c3ccccc3O2)C1. The molecular formula is C16H21NO3. The second-order valence-corrected chi connectivity index (χ2v) is 5.72. The summed E-state index contributed by atoms with van der Waals surface area (Å²) < 4.78 is 11.1. The lowest BCUT2D eigenvalue weighted by Gasteiger charge is -2.42. The van der Waals surface area contributed by atoms with Crippen LogP contribution in [-0.2, 0) is 9.53 Å². The van der Waals surface area contributed by atoms with Crippen LogP contribution in [0.4, 0.5) is 0 Å². The van der Waals surface area contributed by atoms with Crippen molar-refractivity contribution in [2.75, 3.05) is 6.61 Å². The van der Waals surface area contributed by atoms with Crippen LogP contribution in [0.25, 0.3) is 0 Å². The lowest BCUT2D eigenvalue weighted by Crippen LogP contribution is -2.44. The van der Waals surface area contributed by atoms with Gasteiger partial charge in [0, 0.05) is 18.0 Å². The Kier molecular flexibility index (Phi) is 3.66. The number of hydrogen-bond donors (Lipinski definition) is 1. The second-order valence-electron chi connectivity index (χ2n) is 5.72. The van der Waals surface area contributed by atoms with Gasteiger partial charge in [-0.25, -0.2) is 0 Å². The molecule has 1 aliphatic carbocycles. The Morgan fingerprint density at radius 1 is 1.35 bits per heavy atom. The van der Waals surface area contributed by atoms with Crippen LogP contribution in [0.2, 0.25) is 0 Å². The van der Waals surface area contributed by atoms with Gasteiger partial charge in [-0.3, -0.25) is 4.79 Å². The predicted molar refractivity (Wildman–Crippen MR) is 75.3 cm³/mol. The van der Waals surface area contributed by atoms with Crippen LogP contribution in [0.3, 0.4) is 0 Å². The molecule has 0 radical (unpaired) electrons. The summed E-state index contributed by atoms with van der Waals surface area (Å²) in [4.78, 5) is 11.6. The first-order valence-electron chi connectivity index (χ1n) is 7.36. The predicted octanol–water partition coefficient (Wildman–Crippen LogP) is 2.43. The summed E-state index contributed by atoms with van der Waals surface area (Å²) in [6.45, 7) is 2.30. The van der Waals surface area contributed by atoms with Gasteiger partial charge in [0.2, 0.25) is 0 Å². The number of ether oxygens (including phenoxy) is 2. The highest BCUT2D eigenvalue weighted by Gasteiger charge is 2.43. The topological polar surface area (TPSA) is 61.5 Å². The molecule has 108 valence electrons. The highest BCUT2D eigenvalue weighted by Crippen LogP contribution is 2.44. The molecule has 3 rings (SSSR count). The van der Waals surface area contributed by atoms with Crippen LogP contribution in [0.5, 0.6) is 5.75 Å². The molecule has 0 saturated heterocycles. The van der Waals surface area contributed by atoms with E-state index in [-0.39, 0.29) is 24.0 Å². The minimum atomic E-state index is -0.0655. The summed E-state index contributed by atoms with van der Waals surface area (Å²) in [7, 11) is 0. The van der Waals surface area contributed by atoms with Crippen molar-refractivity contribution in [1.82, 2.24) is 0 Å². The first kappa shape index (κ1) is 13.4. The Morgan fingerprint density at radius 3 is 2.85 bits per heavy atom. The zero-order valence-corrected chi connectivity index (χ0v) is 11.7. The summed E-state index contributed by atoms with van der Waals surface area (Å²) in [6, 6.07) is 7.99. The maximum atomic E-state index is 11.6. The van der Waals surface area contributed by atoms with Gasteiger partial charge in [0.15, 0.2) is 0 Å². The quantitative estimate of drug-likeness (QED) is 0.861. The van der Waals surface area contributed by atoms with E-state index in [0.29, 0.717) is 12.5 Å². The number of esters is 1. The first-order chi connectivity index (χ1) is 9.69. The number of para-hydroxylation sites is 1. The zero-order valence-electron chi connectivity index (χ0n) is 11.7. The molecule has 1 fully saturated rings. The van der Waals surface area contributed by atoms with E-state index in [0.717, 1.165) is 30.6 Å². The second kappa shape index (κ2) is 5.44. The number of carbonyl (C=O) groups is 1. The number of nitrogens with two attached hydrogens (primary N) is 1.